The molecule has 0 aliphatic heterocycles. The van der Waals surface area contributed by atoms with Crippen molar-refractivity contribution >= 4 is 21.9 Å². The van der Waals surface area contributed by atoms with E-state index in [1.165, 1.54) is 0 Å². The fraction of sp³-hybridized carbons (Fsp3) is 0.571. The van der Waals surface area contributed by atoms with Crippen LogP contribution in [0.25, 0.3) is 0 Å². The molecule has 0 atom stereocenters. The molecule has 2 rings (SSSR count). The molecule has 1 aliphatic rings. The van der Waals surface area contributed by atoms with E-state index in [4.69, 9.17) is 9.47 Å². The molecule has 0 spiro atoms. The van der Waals surface area contributed by atoms with Crippen LogP contribution in [-0.4, -0.2) is 24.2 Å². The molecule has 1 fully saturated rings. The third kappa shape index (κ3) is 3.08. The lowest BCUT2D eigenvalue weighted by Crippen LogP contribution is -2.44. The first-order valence-corrected chi connectivity index (χ1v) is 7.29. The summed E-state index contributed by atoms with van der Waals surface area (Å²) in [6.45, 7) is 4.56. The molecule has 0 saturated heterocycles. The lowest BCUT2D eigenvalue weighted by atomic mass is 9.69. The van der Waals surface area contributed by atoms with Crippen molar-refractivity contribution in [1.82, 2.24) is 4.98 Å². The van der Waals surface area contributed by atoms with Crippen molar-refractivity contribution in [3.8, 4) is 5.88 Å². The highest BCUT2D eigenvalue weighted by Gasteiger charge is 2.46. The van der Waals surface area contributed by atoms with Gasteiger partial charge >= 0.3 is 5.97 Å². The van der Waals surface area contributed by atoms with Gasteiger partial charge in [0.05, 0.1) is 6.61 Å². The number of nitrogens with zero attached hydrogens (tertiary/aromatic N) is 1. The molecule has 19 heavy (non-hydrogen) atoms. The number of ether oxygens (including phenoxy) is 2. The Morgan fingerprint density at radius 1 is 1.53 bits per heavy atom. The van der Waals surface area contributed by atoms with Gasteiger partial charge in [0.2, 0.25) is 5.88 Å². The van der Waals surface area contributed by atoms with Crippen molar-refractivity contribution in [2.24, 2.45) is 5.41 Å². The minimum atomic E-state index is -0.460. The second kappa shape index (κ2) is 5.90. The topological polar surface area (TPSA) is 48.4 Å². The van der Waals surface area contributed by atoms with Crippen LogP contribution in [0.15, 0.2) is 16.7 Å². The third-order valence-electron chi connectivity index (χ3n) is 3.54. The fourth-order valence-corrected chi connectivity index (χ4v) is 2.32. The number of aryl methyl sites for hydroxylation is 1. The van der Waals surface area contributed by atoms with Gasteiger partial charge in [0, 0.05) is 16.7 Å². The van der Waals surface area contributed by atoms with Gasteiger partial charge in [0.1, 0.15) is 12.0 Å². The van der Waals surface area contributed by atoms with E-state index >= 15 is 0 Å². The third-order valence-corrected chi connectivity index (χ3v) is 4.37. The van der Waals surface area contributed by atoms with Gasteiger partial charge in [-0.15, -0.1) is 0 Å². The summed E-state index contributed by atoms with van der Waals surface area (Å²) in [6.07, 6.45) is 4.43. The van der Waals surface area contributed by atoms with E-state index in [9.17, 15) is 4.79 Å². The summed E-state index contributed by atoms with van der Waals surface area (Å²) in [6, 6.07) is 1.86. The van der Waals surface area contributed by atoms with E-state index in [0.29, 0.717) is 19.1 Å². The van der Waals surface area contributed by atoms with Crippen molar-refractivity contribution in [3.05, 3.63) is 22.3 Å². The van der Waals surface area contributed by atoms with Crippen LogP contribution < -0.4 is 4.74 Å². The van der Waals surface area contributed by atoms with Gasteiger partial charge < -0.3 is 9.47 Å². The Hall–Kier alpha value is -1.10. The largest absolute Gasteiger partial charge is 0.476 e. The van der Waals surface area contributed by atoms with Crippen LogP contribution in [0.2, 0.25) is 0 Å². The Bertz CT molecular complexity index is 472. The average molecular weight is 328 g/mol. The van der Waals surface area contributed by atoms with Crippen LogP contribution in [0.1, 0.15) is 31.7 Å². The first-order chi connectivity index (χ1) is 9.07. The minimum absolute atomic E-state index is 0.143. The number of hydrogen-bond acceptors (Lipinski definition) is 4. The molecule has 0 aromatic carbocycles. The molecule has 5 heteroatoms. The molecular formula is C14H18BrNO3. The van der Waals surface area contributed by atoms with Gasteiger partial charge in [-0.25, -0.2) is 4.98 Å². The van der Waals surface area contributed by atoms with Gasteiger partial charge in [-0.1, -0.05) is 6.42 Å². The zero-order valence-corrected chi connectivity index (χ0v) is 12.8. The molecule has 1 aliphatic carbocycles. The number of hydrogen-bond donors (Lipinski definition) is 0. The number of pyridine rings is 1. The van der Waals surface area contributed by atoms with Gasteiger partial charge in [0.15, 0.2) is 0 Å². The molecule has 0 radical (unpaired) electrons. The maximum absolute atomic E-state index is 12.0. The van der Waals surface area contributed by atoms with Gasteiger partial charge in [0.25, 0.3) is 0 Å². The summed E-state index contributed by atoms with van der Waals surface area (Å²) in [5.41, 5.74) is 0.599. The van der Waals surface area contributed by atoms with Crippen molar-refractivity contribution < 1.29 is 14.3 Å². The lowest BCUT2D eigenvalue weighted by molar-refractivity contribution is -0.163. The van der Waals surface area contributed by atoms with Crippen molar-refractivity contribution in [3.63, 3.8) is 0 Å². The van der Waals surface area contributed by atoms with E-state index in [1.54, 1.807) is 6.20 Å². The predicted octanol–water partition coefficient (Wildman–Crippen LogP) is 3.26. The molecule has 1 saturated carbocycles. The van der Waals surface area contributed by atoms with Crippen LogP contribution in [0.4, 0.5) is 0 Å². The lowest BCUT2D eigenvalue weighted by Gasteiger charge is -2.38. The Kier molecular flexibility index (Phi) is 4.45. The van der Waals surface area contributed by atoms with E-state index in [-0.39, 0.29) is 5.97 Å². The van der Waals surface area contributed by atoms with E-state index < -0.39 is 5.41 Å². The van der Waals surface area contributed by atoms with Crippen LogP contribution >= 0.6 is 15.9 Å². The molecule has 1 heterocycles. The molecular weight excluding hydrogens is 310 g/mol. The standard InChI is InChI=1S/C14H18BrNO3/c1-3-18-13(17)14(5-4-6-14)9-19-12-7-10(2)11(15)8-16-12/h7-8H,3-6,9H2,1-2H3. The molecule has 1 aromatic rings. The molecule has 104 valence electrons. The number of aromatic nitrogens is 1. The summed E-state index contributed by atoms with van der Waals surface area (Å²) in [4.78, 5) is 16.1. The summed E-state index contributed by atoms with van der Waals surface area (Å²) < 4.78 is 11.8. The van der Waals surface area contributed by atoms with Gasteiger partial charge in [-0.05, 0) is 48.2 Å². The van der Waals surface area contributed by atoms with Crippen molar-refractivity contribution in [1.29, 1.82) is 0 Å². The number of halogens is 1. The number of carbonyl (C=O) groups excluding carboxylic acids is 1. The van der Waals surface area contributed by atoms with Crippen LogP contribution in [-0.2, 0) is 9.53 Å². The molecule has 0 bridgehead atoms. The molecule has 4 nitrogen and oxygen atoms in total. The maximum atomic E-state index is 12.0. The highest BCUT2D eigenvalue weighted by Crippen LogP contribution is 2.42. The zero-order valence-electron chi connectivity index (χ0n) is 11.2. The van der Waals surface area contributed by atoms with E-state index in [2.05, 4.69) is 20.9 Å². The number of esters is 1. The van der Waals surface area contributed by atoms with Crippen molar-refractivity contribution in [2.45, 2.75) is 33.1 Å². The Balaban J connectivity index is 2.00. The number of carbonyl (C=O) groups is 1. The summed E-state index contributed by atoms with van der Waals surface area (Å²) >= 11 is 3.40. The molecule has 0 unspecified atom stereocenters. The zero-order chi connectivity index (χ0) is 13.9. The van der Waals surface area contributed by atoms with Crippen LogP contribution in [0.5, 0.6) is 5.88 Å². The van der Waals surface area contributed by atoms with Gasteiger partial charge in [-0.3, -0.25) is 4.79 Å². The number of rotatable bonds is 5. The first-order valence-electron chi connectivity index (χ1n) is 6.49. The average Bonchev–Trinajstić information content (AvgIpc) is 2.32. The van der Waals surface area contributed by atoms with Crippen molar-refractivity contribution in [2.75, 3.05) is 13.2 Å². The molecule has 0 N–H and O–H groups in total. The quantitative estimate of drug-likeness (QED) is 0.779. The van der Waals surface area contributed by atoms with E-state index in [0.717, 1.165) is 29.3 Å². The first kappa shape index (κ1) is 14.3. The normalized spacial score (nSPS) is 16.6. The summed E-state index contributed by atoms with van der Waals surface area (Å²) in [5, 5.41) is 0. The fourth-order valence-electron chi connectivity index (χ4n) is 2.10. The maximum Gasteiger partial charge on any atom is 0.315 e. The Labute approximate surface area is 121 Å². The smallest absolute Gasteiger partial charge is 0.315 e. The van der Waals surface area contributed by atoms with Gasteiger partial charge in [-0.2, -0.15) is 0 Å². The predicted molar refractivity (Wildman–Crippen MR) is 75.1 cm³/mol. The SMILES string of the molecule is CCOC(=O)C1(COc2cc(C)c(Br)cn2)CCC1. The van der Waals surface area contributed by atoms with Crippen LogP contribution in [0, 0.1) is 12.3 Å². The monoisotopic (exact) mass is 327 g/mol. The second-order valence-corrected chi connectivity index (χ2v) is 5.77. The Morgan fingerprint density at radius 3 is 2.79 bits per heavy atom. The van der Waals surface area contributed by atoms with Crippen LogP contribution in [0.3, 0.4) is 0 Å². The van der Waals surface area contributed by atoms with E-state index in [1.807, 2.05) is 19.9 Å². The second-order valence-electron chi connectivity index (χ2n) is 4.91. The highest BCUT2D eigenvalue weighted by atomic mass is 79.9. The highest BCUT2D eigenvalue weighted by molar-refractivity contribution is 9.10. The summed E-state index contributed by atoms with van der Waals surface area (Å²) in [5.74, 6) is 0.409. The Morgan fingerprint density at radius 2 is 2.26 bits per heavy atom. The molecule has 0 amide bonds. The molecule has 1 aromatic heterocycles. The minimum Gasteiger partial charge on any atom is -0.476 e. The summed E-state index contributed by atoms with van der Waals surface area (Å²) in [7, 11) is 0.